The Bertz CT molecular complexity index is 457. The van der Waals surface area contributed by atoms with Crippen molar-refractivity contribution in [2.45, 2.75) is 13.1 Å². The van der Waals surface area contributed by atoms with Crippen molar-refractivity contribution in [3.63, 3.8) is 0 Å². The molecule has 0 spiro atoms. The molecule has 2 rings (SSSR count). The third-order valence-corrected chi connectivity index (χ3v) is 2.65. The maximum atomic E-state index is 5.64. The summed E-state index contributed by atoms with van der Waals surface area (Å²) in [5.41, 5.74) is 14.7. The quantitative estimate of drug-likeness (QED) is 0.743. The smallest absolute Gasteiger partial charge is 0.0480 e. The zero-order valence-electron chi connectivity index (χ0n) is 8.33. The number of fused-ring (bicyclic) bond motifs is 1. The fraction of sp³-hybridized carbons (Fsp3) is 0.273. The molecule has 0 radical (unpaired) electrons. The highest BCUT2D eigenvalue weighted by Crippen LogP contribution is 2.19. The number of nitrogens with two attached hydrogens (primary N) is 2. The Kier molecular flexibility index (Phi) is 2.27. The summed E-state index contributed by atoms with van der Waals surface area (Å²) in [4.78, 5) is 0. The fourth-order valence-corrected chi connectivity index (χ4v) is 1.78. The molecule has 1 aromatic heterocycles. The molecule has 0 fully saturated rings. The Morgan fingerprint density at radius 2 is 1.93 bits per heavy atom. The average Bonchev–Trinajstić information content (AvgIpc) is 2.55. The number of hydrogen-bond acceptors (Lipinski definition) is 2. The van der Waals surface area contributed by atoms with E-state index < -0.39 is 0 Å². The van der Waals surface area contributed by atoms with Gasteiger partial charge in [0.05, 0.1) is 0 Å². The molecule has 3 heteroatoms. The molecule has 14 heavy (non-hydrogen) atoms. The fourth-order valence-electron chi connectivity index (χ4n) is 1.78. The maximum absolute atomic E-state index is 5.64. The molecule has 0 saturated heterocycles. The molecular weight excluding hydrogens is 174 g/mol. The van der Waals surface area contributed by atoms with Gasteiger partial charge in [-0.1, -0.05) is 6.07 Å². The summed E-state index contributed by atoms with van der Waals surface area (Å²) in [7, 11) is 2.03. The van der Waals surface area contributed by atoms with Crippen molar-refractivity contribution in [3.05, 3.63) is 35.5 Å². The highest BCUT2D eigenvalue weighted by molar-refractivity contribution is 5.82. The van der Waals surface area contributed by atoms with E-state index >= 15 is 0 Å². The molecule has 0 amide bonds. The maximum Gasteiger partial charge on any atom is 0.0480 e. The van der Waals surface area contributed by atoms with E-state index in [9.17, 15) is 0 Å². The molecule has 0 unspecified atom stereocenters. The van der Waals surface area contributed by atoms with Crippen LogP contribution in [-0.2, 0) is 20.1 Å². The standard InChI is InChI=1S/C11H15N3/c1-14-10(7-13)5-9-4-8(6-12)2-3-11(9)14/h2-5H,6-7,12-13H2,1H3. The third kappa shape index (κ3) is 1.31. The molecule has 0 bridgehead atoms. The van der Waals surface area contributed by atoms with Crippen molar-refractivity contribution < 1.29 is 0 Å². The Hall–Kier alpha value is -1.32. The Labute approximate surface area is 83.3 Å². The lowest BCUT2D eigenvalue weighted by Gasteiger charge is -2.01. The van der Waals surface area contributed by atoms with Gasteiger partial charge in [-0.2, -0.15) is 0 Å². The van der Waals surface area contributed by atoms with Crippen LogP contribution in [-0.4, -0.2) is 4.57 Å². The lowest BCUT2D eigenvalue weighted by atomic mass is 10.1. The number of benzene rings is 1. The van der Waals surface area contributed by atoms with Crippen LogP contribution in [0.2, 0.25) is 0 Å². The minimum Gasteiger partial charge on any atom is -0.346 e. The van der Waals surface area contributed by atoms with E-state index in [2.05, 4.69) is 28.8 Å². The van der Waals surface area contributed by atoms with Crippen molar-refractivity contribution in [1.82, 2.24) is 4.57 Å². The van der Waals surface area contributed by atoms with Gasteiger partial charge in [-0.25, -0.2) is 0 Å². The SMILES string of the molecule is Cn1c(CN)cc2cc(CN)ccc21. The summed E-state index contributed by atoms with van der Waals surface area (Å²) in [6.45, 7) is 1.16. The minimum absolute atomic E-state index is 0.573. The van der Waals surface area contributed by atoms with E-state index in [4.69, 9.17) is 11.5 Å². The summed E-state index contributed by atoms with van der Waals surface area (Å²) >= 11 is 0. The second kappa shape index (κ2) is 3.44. The van der Waals surface area contributed by atoms with Crippen LogP contribution in [0.15, 0.2) is 24.3 Å². The normalized spacial score (nSPS) is 11.1. The van der Waals surface area contributed by atoms with Crippen molar-refractivity contribution in [1.29, 1.82) is 0 Å². The van der Waals surface area contributed by atoms with Crippen LogP contribution in [0.1, 0.15) is 11.3 Å². The largest absolute Gasteiger partial charge is 0.346 e. The van der Waals surface area contributed by atoms with Crippen LogP contribution in [0.3, 0.4) is 0 Å². The third-order valence-electron chi connectivity index (χ3n) is 2.65. The second-order valence-electron chi connectivity index (χ2n) is 3.50. The number of aromatic nitrogens is 1. The summed E-state index contributed by atoms with van der Waals surface area (Å²) in [5.74, 6) is 0. The van der Waals surface area contributed by atoms with Gasteiger partial charge in [-0.3, -0.25) is 0 Å². The monoisotopic (exact) mass is 189 g/mol. The summed E-state index contributed by atoms with van der Waals surface area (Å²) in [6.07, 6.45) is 0. The van der Waals surface area contributed by atoms with Gasteiger partial charge in [0.2, 0.25) is 0 Å². The Balaban J connectivity index is 2.66. The van der Waals surface area contributed by atoms with Crippen LogP contribution in [0.4, 0.5) is 0 Å². The lowest BCUT2D eigenvalue weighted by Crippen LogP contribution is -2.02. The summed E-state index contributed by atoms with van der Waals surface area (Å²) < 4.78 is 2.12. The van der Waals surface area contributed by atoms with Crippen LogP contribution >= 0.6 is 0 Å². The molecule has 0 aliphatic heterocycles. The first-order valence-electron chi connectivity index (χ1n) is 4.73. The van der Waals surface area contributed by atoms with E-state index in [0.717, 1.165) is 11.3 Å². The van der Waals surface area contributed by atoms with Crippen LogP contribution in [0.25, 0.3) is 10.9 Å². The van der Waals surface area contributed by atoms with Gasteiger partial charge in [0, 0.05) is 36.7 Å². The van der Waals surface area contributed by atoms with Crippen molar-refractivity contribution in [2.75, 3.05) is 0 Å². The van der Waals surface area contributed by atoms with Crippen LogP contribution in [0, 0.1) is 0 Å². The topological polar surface area (TPSA) is 57.0 Å². The highest BCUT2D eigenvalue weighted by atomic mass is 15.0. The van der Waals surface area contributed by atoms with Crippen molar-refractivity contribution in [3.8, 4) is 0 Å². The first-order chi connectivity index (χ1) is 6.76. The molecule has 2 aromatic rings. The molecule has 0 atom stereocenters. The van der Waals surface area contributed by atoms with Crippen LogP contribution < -0.4 is 11.5 Å². The molecule has 0 aliphatic carbocycles. The van der Waals surface area contributed by atoms with E-state index in [1.54, 1.807) is 0 Å². The molecule has 4 N–H and O–H groups in total. The second-order valence-corrected chi connectivity index (χ2v) is 3.50. The van der Waals surface area contributed by atoms with Gasteiger partial charge in [0.1, 0.15) is 0 Å². The first kappa shape index (κ1) is 9.24. The zero-order valence-corrected chi connectivity index (χ0v) is 8.33. The molecule has 1 heterocycles. The Morgan fingerprint density at radius 3 is 2.57 bits per heavy atom. The first-order valence-corrected chi connectivity index (χ1v) is 4.73. The summed E-state index contributed by atoms with van der Waals surface area (Å²) in [6, 6.07) is 8.39. The molecule has 3 nitrogen and oxygen atoms in total. The van der Waals surface area contributed by atoms with Crippen molar-refractivity contribution >= 4 is 10.9 Å². The van der Waals surface area contributed by atoms with E-state index in [-0.39, 0.29) is 0 Å². The Morgan fingerprint density at radius 1 is 1.14 bits per heavy atom. The molecule has 1 aromatic carbocycles. The number of rotatable bonds is 2. The predicted octanol–water partition coefficient (Wildman–Crippen LogP) is 1.10. The average molecular weight is 189 g/mol. The van der Waals surface area contributed by atoms with Gasteiger partial charge < -0.3 is 16.0 Å². The number of nitrogens with zero attached hydrogens (tertiary/aromatic N) is 1. The minimum atomic E-state index is 0.573. The molecule has 0 aliphatic rings. The number of hydrogen-bond donors (Lipinski definition) is 2. The van der Waals surface area contributed by atoms with Gasteiger partial charge >= 0.3 is 0 Å². The molecule has 74 valence electrons. The van der Waals surface area contributed by atoms with Gasteiger partial charge in [-0.05, 0) is 23.8 Å². The number of aryl methyl sites for hydroxylation is 1. The van der Waals surface area contributed by atoms with Gasteiger partial charge in [-0.15, -0.1) is 0 Å². The van der Waals surface area contributed by atoms with E-state index in [1.807, 2.05) is 7.05 Å². The van der Waals surface area contributed by atoms with E-state index in [1.165, 1.54) is 10.9 Å². The van der Waals surface area contributed by atoms with Gasteiger partial charge in [0.25, 0.3) is 0 Å². The summed E-state index contributed by atoms with van der Waals surface area (Å²) in [5, 5.41) is 1.22. The van der Waals surface area contributed by atoms with Gasteiger partial charge in [0.15, 0.2) is 0 Å². The lowest BCUT2D eigenvalue weighted by molar-refractivity contribution is 0.849. The predicted molar refractivity (Wildman–Crippen MR) is 58.7 cm³/mol. The molecule has 0 saturated carbocycles. The molecular formula is C11H15N3. The zero-order chi connectivity index (χ0) is 10.1. The van der Waals surface area contributed by atoms with Crippen molar-refractivity contribution in [2.24, 2.45) is 18.5 Å². The van der Waals surface area contributed by atoms with Crippen LogP contribution in [0.5, 0.6) is 0 Å². The van der Waals surface area contributed by atoms with E-state index in [0.29, 0.717) is 13.1 Å². The highest BCUT2D eigenvalue weighted by Gasteiger charge is 2.03.